The lowest BCUT2D eigenvalue weighted by Crippen LogP contribution is -2.01. The highest BCUT2D eigenvalue weighted by Crippen LogP contribution is 2.15. The van der Waals surface area contributed by atoms with Crippen LogP contribution in [0.1, 0.15) is 23.9 Å². The van der Waals surface area contributed by atoms with Crippen molar-refractivity contribution >= 4 is 0 Å². The second kappa shape index (κ2) is 5.74. The third kappa shape index (κ3) is 2.64. The van der Waals surface area contributed by atoms with Gasteiger partial charge in [-0.1, -0.05) is 55.5 Å². The van der Waals surface area contributed by atoms with Gasteiger partial charge in [0.25, 0.3) is 0 Å². The minimum Gasteiger partial charge on any atom is -0.238 e. The first kappa shape index (κ1) is 12.7. The number of aryl methyl sites for hydroxylation is 1. The minimum atomic E-state index is 0.883. The second-order valence-electron chi connectivity index (χ2n) is 4.89. The van der Waals surface area contributed by atoms with Crippen LogP contribution in [0.4, 0.5) is 0 Å². The standard InChI is InChI=1S/C18H18N2/c1-2-17-14-16(13-15-9-5-3-6-10-15)19-20(17)18-11-7-4-8-12-18/h3-12,14H,2,13H2,1H3. The number of aromatic nitrogens is 2. The molecule has 0 radical (unpaired) electrons. The summed E-state index contributed by atoms with van der Waals surface area (Å²) in [4.78, 5) is 0. The van der Waals surface area contributed by atoms with Gasteiger partial charge in [0.2, 0.25) is 0 Å². The van der Waals surface area contributed by atoms with Crippen LogP contribution in [0.5, 0.6) is 0 Å². The molecule has 0 saturated carbocycles. The third-order valence-corrected chi connectivity index (χ3v) is 3.42. The maximum absolute atomic E-state index is 4.76. The SMILES string of the molecule is CCc1cc(Cc2ccccc2)nn1-c1ccccc1. The summed E-state index contributed by atoms with van der Waals surface area (Å²) in [6.45, 7) is 2.17. The van der Waals surface area contributed by atoms with Crippen molar-refractivity contribution in [1.29, 1.82) is 0 Å². The molecule has 2 aromatic carbocycles. The lowest BCUT2D eigenvalue weighted by Gasteiger charge is -2.04. The molecule has 0 saturated heterocycles. The minimum absolute atomic E-state index is 0.883. The quantitative estimate of drug-likeness (QED) is 0.694. The van der Waals surface area contributed by atoms with Crippen molar-refractivity contribution in [3.05, 3.63) is 83.7 Å². The predicted molar refractivity (Wildman–Crippen MR) is 82.2 cm³/mol. The maximum atomic E-state index is 4.76. The van der Waals surface area contributed by atoms with Crippen molar-refractivity contribution in [2.24, 2.45) is 0 Å². The Morgan fingerprint density at radius 1 is 0.900 bits per heavy atom. The van der Waals surface area contributed by atoms with Crippen LogP contribution in [0, 0.1) is 0 Å². The van der Waals surface area contributed by atoms with E-state index >= 15 is 0 Å². The van der Waals surface area contributed by atoms with Gasteiger partial charge >= 0.3 is 0 Å². The molecule has 2 heteroatoms. The van der Waals surface area contributed by atoms with Crippen LogP contribution >= 0.6 is 0 Å². The van der Waals surface area contributed by atoms with Crippen LogP contribution in [0.2, 0.25) is 0 Å². The molecule has 0 aliphatic carbocycles. The zero-order valence-corrected chi connectivity index (χ0v) is 11.7. The molecule has 0 fully saturated rings. The maximum Gasteiger partial charge on any atom is 0.0675 e. The van der Waals surface area contributed by atoms with E-state index in [1.54, 1.807) is 0 Å². The number of benzene rings is 2. The monoisotopic (exact) mass is 262 g/mol. The summed E-state index contributed by atoms with van der Waals surface area (Å²) in [5.41, 5.74) is 4.80. The van der Waals surface area contributed by atoms with Crippen molar-refractivity contribution in [2.75, 3.05) is 0 Å². The van der Waals surface area contributed by atoms with Crippen molar-refractivity contribution in [3.8, 4) is 5.69 Å². The van der Waals surface area contributed by atoms with E-state index in [2.05, 4.69) is 54.1 Å². The summed E-state index contributed by atoms with van der Waals surface area (Å²) in [6.07, 6.45) is 1.87. The number of para-hydroxylation sites is 1. The number of hydrogen-bond acceptors (Lipinski definition) is 1. The van der Waals surface area contributed by atoms with Gasteiger partial charge in [-0.2, -0.15) is 5.10 Å². The molecule has 0 aliphatic rings. The van der Waals surface area contributed by atoms with Crippen LogP contribution in [0.15, 0.2) is 66.7 Å². The van der Waals surface area contributed by atoms with Crippen molar-refractivity contribution < 1.29 is 0 Å². The summed E-state index contributed by atoms with van der Waals surface area (Å²) in [7, 11) is 0. The molecule has 0 amide bonds. The Hall–Kier alpha value is -2.35. The molecule has 20 heavy (non-hydrogen) atoms. The van der Waals surface area contributed by atoms with Gasteiger partial charge in [0.05, 0.1) is 11.4 Å². The topological polar surface area (TPSA) is 17.8 Å². The van der Waals surface area contributed by atoms with Gasteiger partial charge in [0, 0.05) is 12.1 Å². The highest BCUT2D eigenvalue weighted by molar-refractivity contribution is 5.34. The Kier molecular flexibility index (Phi) is 3.64. The van der Waals surface area contributed by atoms with Gasteiger partial charge < -0.3 is 0 Å². The van der Waals surface area contributed by atoms with E-state index in [1.165, 1.54) is 11.3 Å². The van der Waals surface area contributed by atoms with E-state index in [4.69, 9.17) is 5.10 Å². The number of nitrogens with zero attached hydrogens (tertiary/aromatic N) is 2. The highest BCUT2D eigenvalue weighted by Gasteiger charge is 2.08. The van der Waals surface area contributed by atoms with Gasteiger partial charge in [-0.25, -0.2) is 4.68 Å². The van der Waals surface area contributed by atoms with E-state index < -0.39 is 0 Å². The van der Waals surface area contributed by atoms with Crippen LogP contribution < -0.4 is 0 Å². The van der Waals surface area contributed by atoms with E-state index in [9.17, 15) is 0 Å². The summed E-state index contributed by atoms with van der Waals surface area (Å²) >= 11 is 0. The van der Waals surface area contributed by atoms with E-state index in [0.29, 0.717) is 0 Å². The van der Waals surface area contributed by atoms with Crippen molar-refractivity contribution in [3.63, 3.8) is 0 Å². The van der Waals surface area contributed by atoms with Crippen LogP contribution in [-0.2, 0) is 12.8 Å². The Labute approximate surface area is 119 Å². The van der Waals surface area contributed by atoms with Gasteiger partial charge in [-0.15, -0.1) is 0 Å². The summed E-state index contributed by atoms with van der Waals surface area (Å²) < 4.78 is 2.05. The Morgan fingerprint density at radius 2 is 1.55 bits per heavy atom. The first-order chi connectivity index (χ1) is 9.86. The normalized spacial score (nSPS) is 10.7. The van der Waals surface area contributed by atoms with E-state index in [1.807, 2.05) is 24.3 Å². The fraction of sp³-hybridized carbons (Fsp3) is 0.167. The fourth-order valence-corrected chi connectivity index (χ4v) is 2.41. The van der Waals surface area contributed by atoms with Gasteiger partial charge in [-0.05, 0) is 30.2 Å². The summed E-state index contributed by atoms with van der Waals surface area (Å²) in [6, 6.07) is 23.0. The van der Waals surface area contributed by atoms with E-state index in [0.717, 1.165) is 24.2 Å². The van der Waals surface area contributed by atoms with Crippen LogP contribution in [-0.4, -0.2) is 9.78 Å². The molecule has 0 bridgehead atoms. The summed E-state index contributed by atoms with van der Waals surface area (Å²) in [5.74, 6) is 0. The molecule has 0 spiro atoms. The third-order valence-electron chi connectivity index (χ3n) is 3.42. The number of rotatable bonds is 4. The first-order valence-corrected chi connectivity index (χ1v) is 7.04. The molecule has 3 rings (SSSR count). The van der Waals surface area contributed by atoms with Crippen LogP contribution in [0.25, 0.3) is 5.69 Å². The first-order valence-electron chi connectivity index (χ1n) is 7.04. The Bertz CT molecular complexity index is 669. The highest BCUT2D eigenvalue weighted by atomic mass is 15.3. The molecule has 0 unspecified atom stereocenters. The molecule has 100 valence electrons. The summed E-state index contributed by atoms with van der Waals surface area (Å²) in [5, 5.41) is 4.76. The molecular formula is C18H18N2. The van der Waals surface area contributed by atoms with Gasteiger partial charge in [-0.3, -0.25) is 0 Å². The van der Waals surface area contributed by atoms with Crippen LogP contribution in [0.3, 0.4) is 0 Å². The molecule has 3 aromatic rings. The second-order valence-corrected chi connectivity index (χ2v) is 4.89. The molecule has 0 aliphatic heterocycles. The molecule has 0 N–H and O–H groups in total. The molecular weight excluding hydrogens is 244 g/mol. The number of hydrogen-bond donors (Lipinski definition) is 0. The molecule has 1 heterocycles. The zero-order valence-electron chi connectivity index (χ0n) is 11.7. The van der Waals surface area contributed by atoms with Crippen molar-refractivity contribution in [1.82, 2.24) is 9.78 Å². The van der Waals surface area contributed by atoms with Gasteiger partial charge in [0.1, 0.15) is 0 Å². The van der Waals surface area contributed by atoms with E-state index in [-0.39, 0.29) is 0 Å². The molecule has 2 nitrogen and oxygen atoms in total. The largest absolute Gasteiger partial charge is 0.238 e. The zero-order chi connectivity index (χ0) is 13.8. The van der Waals surface area contributed by atoms with Crippen molar-refractivity contribution in [2.45, 2.75) is 19.8 Å². The average molecular weight is 262 g/mol. The Balaban J connectivity index is 1.93. The lowest BCUT2D eigenvalue weighted by atomic mass is 10.1. The lowest BCUT2D eigenvalue weighted by molar-refractivity contribution is 0.797. The molecule has 1 aromatic heterocycles. The van der Waals surface area contributed by atoms with Gasteiger partial charge in [0.15, 0.2) is 0 Å². The predicted octanol–water partition coefficient (Wildman–Crippen LogP) is 4.03. The smallest absolute Gasteiger partial charge is 0.0675 e. The Morgan fingerprint density at radius 3 is 2.20 bits per heavy atom. The molecule has 0 atom stereocenters. The fourth-order valence-electron chi connectivity index (χ4n) is 2.41. The average Bonchev–Trinajstić information content (AvgIpc) is 2.92.